The summed E-state index contributed by atoms with van der Waals surface area (Å²) in [7, 11) is -7.69. The summed E-state index contributed by atoms with van der Waals surface area (Å²) in [6.07, 6.45) is 2.36. The van der Waals surface area contributed by atoms with E-state index in [1.54, 1.807) is 30.1 Å². The summed E-state index contributed by atoms with van der Waals surface area (Å²) in [6, 6.07) is 11.9. The summed E-state index contributed by atoms with van der Waals surface area (Å²) in [6.45, 7) is 12.9. The van der Waals surface area contributed by atoms with Gasteiger partial charge in [0.25, 0.3) is 10.1 Å². The molecule has 0 fully saturated rings. The lowest BCUT2D eigenvalue weighted by Crippen LogP contribution is -2.43. The van der Waals surface area contributed by atoms with Gasteiger partial charge in [-0.2, -0.15) is 8.42 Å². The van der Waals surface area contributed by atoms with Gasteiger partial charge in [0.1, 0.15) is 36.7 Å². The van der Waals surface area contributed by atoms with Crippen molar-refractivity contribution in [2.45, 2.75) is 74.6 Å². The molecule has 16 heteroatoms. The monoisotopic (exact) mass is 824 g/mol. The number of rotatable bonds is 13. The van der Waals surface area contributed by atoms with Gasteiger partial charge in [0.05, 0.1) is 15.8 Å². The molecule has 5 rings (SSSR count). The summed E-state index contributed by atoms with van der Waals surface area (Å²) in [5.74, 6) is 2.08. The Labute approximate surface area is 328 Å². The predicted octanol–water partition coefficient (Wildman–Crippen LogP) is 8.00. The Morgan fingerprint density at radius 3 is 2.23 bits per heavy atom. The number of anilines is 1. The number of pyridine rings is 1. The van der Waals surface area contributed by atoms with E-state index in [2.05, 4.69) is 63.0 Å². The molecule has 5 aromatic rings. The minimum atomic E-state index is -4.45. The highest BCUT2D eigenvalue weighted by atomic mass is 32.2. The first kappa shape index (κ1) is 42.6. The number of benzene rings is 3. The highest BCUT2D eigenvalue weighted by Gasteiger charge is 2.42. The molecule has 0 saturated heterocycles. The molecule has 0 aliphatic rings. The molecule has 298 valence electrons. The Morgan fingerprint density at radius 1 is 0.946 bits per heavy atom. The zero-order valence-electron chi connectivity index (χ0n) is 32.8. The number of ether oxygens (including phenoxy) is 2. The lowest BCUT2D eigenvalue weighted by Gasteiger charge is -2.38. The molecule has 0 bridgehead atoms. The van der Waals surface area contributed by atoms with E-state index in [4.69, 9.17) is 14.5 Å². The average molecular weight is 825 g/mol. The number of aromatic nitrogens is 3. The van der Waals surface area contributed by atoms with Gasteiger partial charge >= 0.3 is 0 Å². The second kappa shape index (κ2) is 16.5. The second-order valence-corrected chi connectivity index (χ2v) is 23.7. The van der Waals surface area contributed by atoms with Crippen molar-refractivity contribution < 1.29 is 39.6 Å². The van der Waals surface area contributed by atoms with Gasteiger partial charge in [-0.15, -0.1) is 5.54 Å². The summed E-state index contributed by atoms with van der Waals surface area (Å²) >= 11 is 0. The van der Waals surface area contributed by atoms with E-state index in [1.807, 2.05) is 0 Å². The number of methoxy groups -OCH3 is 1. The predicted molar refractivity (Wildman–Crippen MR) is 217 cm³/mol. The van der Waals surface area contributed by atoms with Crippen LogP contribution in [0.5, 0.6) is 5.75 Å². The molecule has 3 aromatic carbocycles. The first-order valence-corrected chi connectivity index (χ1v) is 23.5. The molecule has 0 saturated carbocycles. The van der Waals surface area contributed by atoms with Crippen LogP contribution in [0.25, 0.3) is 32.9 Å². The zero-order valence-corrected chi connectivity index (χ0v) is 35.4. The van der Waals surface area contributed by atoms with E-state index in [-0.39, 0.29) is 86.0 Å². The van der Waals surface area contributed by atoms with Crippen LogP contribution in [0.4, 0.5) is 14.6 Å². The average Bonchev–Trinajstić information content (AvgIpc) is 3.12. The fourth-order valence-corrected chi connectivity index (χ4v) is 13.7. The molecule has 1 N–H and O–H groups in total. The van der Waals surface area contributed by atoms with Crippen LogP contribution in [-0.4, -0.2) is 78.2 Å². The molecular weight excluding hydrogens is 779 g/mol. The van der Waals surface area contributed by atoms with Crippen LogP contribution < -0.4 is 9.64 Å². The van der Waals surface area contributed by atoms with Crippen LogP contribution in [0.1, 0.15) is 52.7 Å². The third kappa shape index (κ3) is 8.57. The van der Waals surface area contributed by atoms with Gasteiger partial charge in [0.2, 0.25) is 15.0 Å². The van der Waals surface area contributed by atoms with E-state index >= 15 is 8.78 Å². The fourth-order valence-electron chi connectivity index (χ4n) is 7.47. The number of sulfone groups is 1. The van der Waals surface area contributed by atoms with Gasteiger partial charge in [0.15, 0.2) is 12.6 Å². The zero-order chi connectivity index (χ0) is 41.3. The van der Waals surface area contributed by atoms with E-state index in [0.29, 0.717) is 10.9 Å². The highest BCUT2D eigenvalue weighted by Crippen LogP contribution is 2.43. The molecular formula is C40H46F2N4O7S2Si. The van der Waals surface area contributed by atoms with E-state index in [0.717, 1.165) is 6.26 Å². The van der Waals surface area contributed by atoms with Crippen molar-refractivity contribution in [3.8, 4) is 28.5 Å². The maximum atomic E-state index is 17.2. The third-order valence-corrected chi connectivity index (χ3v) is 18.2. The number of hydrogen-bond donors (Lipinski definition) is 1. The van der Waals surface area contributed by atoms with E-state index in [1.165, 1.54) is 43.6 Å². The van der Waals surface area contributed by atoms with Gasteiger partial charge in [-0.3, -0.25) is 4.55 Å². The smallest absolute Gasteiger partial charge is 0.294 e. The Balaban J connectivity index is 1.84. The van der Waals surface area contributed by atoms with Crippen LogP contribution >= 0.6 is 0 Å². The second-order valence-electron chi connectivity index (χ2n) is 14.8. The topological polar surface area (TPSA) is 149 Å². The number of hydrogen-bond acceptors (Lipinski definition) is 10. The molecule has 2 heterocycles. The molecule has 2 aromatic heterocycles. The molecule has 11 nitrogen and oxygen atoms in total. The first-order chi connectivity index (χ1) is 26.2. The fraction of sp³-hybridized carbons (Fsp3) is 0.375. The van der Waals surface area contributed by atoms with Gasteiger partial charge in [-0.1, -0.05) is 65.7 Å². The lowest BCUT2D eigenvalue weighted by atomic mass is 9.95. The first-order valence-electron chi connectivity index (χ1n) is 18.0. The van der Waals surface area contributed by atoms with Crippen LogP contribution in [-0.2, 0) is 31.1 Å². The standard InChI is InChI=1S/C40H46F2N4O7S2Si/c1-24(2)56(25(3)4,26(5)6)18-16-31-34(41)14-13-28-20-29(53-23-52-8)21-32(35(28)31)37-36(42)38-33(22-43-40(45-38)54(9,47)48)39(44-37)46(7)17-15-27-11-10-12-30(19-27)55(49,50)51/h10-14,19-22,24-26H,15,17,23H2,1-9H3,(H,49,50,51). The maximum absolute atomic E-state index is 17.2. The van der Waals surface area contributed by atoms with E-state index in [9.17, 15) is 21.4 Å². The van der Waals surface area contributed by atoms with Gasteiger partial charge in [0, 0.05) is 44.1 Å². The van der Waals surface area contributed by atoms with Gasteiger partial charge < -0.3 is 14.4 Å². The van der Waals surface area contributed by atoms with Crippen molar-refractivity contribution >= 4 is 55.5 Å². The minimum absolute atomic E-state index is 0.0593. The Kier molecular flexibility index (Phi) is 12.6. The van der Waals surface area contributed by atoms with Crippen molar-refractivity contribution in [3.63, 3.8) is 0 Å². The molecule has 0 aliphatic heterocycles. The summed E-state index contributed by atoms with van der Waals surface area (Å²) < 4.78 is 103. The van der Waals surface area contributed by atoms with Crippen LogP contribution in [0.2, 0.25) is 16.6 Å². The Morgan fingerprint density at radius 2 is 1.62 bits per heavy atom. The molecule has 0 spiro atoms. The molecule has 0 radical (unpaired) electrons. The number of halogens is 2. The normalized spacial score (nSPS) is 12.5. The van der Waals surface area contributed by atoms with E-state index < -0.39 is 44.8 Å². The molecule has 0 amide bonds. The van der Waals surface area contributed by atoms with Crippen LogP contribution in [0, 0.1) is 23.1 Å². The van der Waals surface area contributed by atoms with Crippen molar-refractivity contribution in [3.05, 3.63) is 77.5 Å². The van der Waals surface area contributed by atoms with Crippen LogP contribution in [0.3, 0.4) is 0 Å². The molecule has 56 heavy (non-hydrogen) atoms. The number of likely N-dealkylation sites (N-methyl/N-ethyl adjacent to an activating group) is 1. The maximum Gasteiger partial charge on any atom is 0.294 e. The number of nitrogens with zero attached hydrogens (tertiary/aromatic N) is 4. The summed E-state index contributed by atoms with van der Waals surface area (Å²) in [5.41, 5.74) is 4.48. The largest absolute Gasteiger partial charge is 0.468 e. The molecule has 0 aliphatic carbocycles. The van der Waals surface area contributed by atoms with Gasteiger partial charge in [-0.05, 0) is 64.3 Å². The minimum Gasteiger partial charge on any atom is -0.468 e. The van der Waals surface area contributed by atoms with Gasteiger partial charge in [-0.25, -0.2) is 32.2 Å². The highest BCUT2D eigenvalue weighted by molar-refractivity contribution is 7.90. The summed E-state index contributed by atoms with van der Waals surface area (Å²) in [5, 5.41) is 0.255. The van der Waals surface area contributed by atoms with Crippen LogP contribution in [0.15, 0.2) is 64.8 Å². The quantitative estimate of drug-likeness (QED) is 0.0405. The van der Waals surface area contributed by atoms with Crippen molar-refractivity contribution in [1.82, 2.24) is 15.0 Å². The Bertz CT molecular complexity index is 2570. The lowest BCUT2D eigenvalue weighted by molar-refractivity contribution is 0.0512. The Hall–Kier alpha value is -4.53. The molecule has 0 unspecified atom stereocenters. The van der Waals surface area contributed by atoms with Crippen molar-refractivity contribution in [2.75, 3.05) is 38.7 Å². The van der Waals surface area contributed by atoms with Crippen molar-refractivity contribution in [1.29, 1.82) is 0 Å². The SMILES string of the molecule is COCOc1cc(-c2nc(N(C)CCc3cccc(S(=O)(=O)O)c3)c3cnc(S(C)(=O)=O)nc3c2F)c2c(C#C[Si](C(C)C)(C(C)C)C(C)C)c(F)ccc2c1. The number of fused-ring (bicyclic) bond motifs is 2. The summed E-state index contributed by atoms with van der Waals surface area (Å²) in [4.78, 5) is 14.4. The molecule has 0 atom stereocenters. The van der Waals surface area contributed by atoms with Crippen molar-refractivity contribution in [2.24, 2.45) is 0 Å². The third-order valence-electron chi connectivity index (χ3n) is 10.2.